The molecule has 0 aliphatic carbocycles. The van der Waals surface area contributed by atoms with E-state index in [0.29, 0.717) is 26.2 Å². The van der Waals surface area contributed by atoms with E-state index in [2.05, 4.69) is 6.07 Å². The summed E-state index contributed by atoms with van der Waals surface area (Å²) in [6.45, 7) is 4.77. The van der Waals surface area contributed by atoms with Gasteiger partial charge in [0.25, 0.3) is 5.91 Å². The number of fused-ring (bicyclic) bond motifs is 1. The summed E-state index contributed by atoms with van der Waals surface area (Å²) in [4.78, 5) is 16.1. The predicted octanol–water partition coefficient (Wildman–Crippen LogP) is 1.17. The number of para-hydroxylation sites is 1. The van der Waals surface area contributed by atoms with E-state index in [4.69, 9.17) is 0 Å². The van der Waals surface area contributed by atoms with E-state index in [-0.39, 0.29) is 11.9 Å². The largest absolute Gasteiger partial charge is 0.323 e. The molecule has 4 rings (SSSR count). The maximum absolute atomic E-state index is 13.1. The van der Waals surface area contributed by atoms with E-state index in [1.54, 1.807) is 6.08 Å². The highest BCUT2D eigenvalue weighted by molar-refractivity contribution is 7.92. The molecule has 7 heteroatoms. The molecule has 2 aliphatic heterocycles. The average molecular weight is 427 g/mol. The van der Waals surface area contributed by atoms with Crippen LogP contribution < -0.4 is 9.80 Å². The summed E-state index contributed by atoms with van der Waals surface area (Å²) in [5.41, 5.74) is 3.09. The van der Waals surface area contributed by atoms with Crippen LogP contribution in [-0.4, -0.2) is 57.4 Å². The lowest BCUT2D eigenvalue weighted by Gasteiger charge is -2.35. The number of rotatable bonds is 5. The fourth-order valence-corrected chi connectivity index (χ4v) is 5.44. The number of amides is 1. The van der Waals surface area contributed by atoms with Gasteiger partial charge in [-0.05, 0) is 36.6 Å². The highest BCUT2D eigenvalue weighted by Gasteiger charge is 2.36. The quantitative estimate of drug-likeness (QED) is 0.781. The molecule has 0 radical (unpaired) electrons. The standard InChI is InChI=1S/C23H27N3O3S/c1-19(23(27)26-13-11-21-9-5-6-10-22(21)26)24-14-16-25(17-15-24)30(28,29)18-12-20-7-3-2-4-8-20/h2-10,12,18-19H,11,13-17H2,1H3/p+1/b18-12+/t19-/m1/s1. The number of benzene rings is 2. The Morgan fingerprint density at radius 1 is 1.00 bits per heavy atom. The Labute approximate surface area is 178 Å². The van der Waals surface area contributed by atoms with Gasteiger partial charge < -0.3 is 9.80 Å². The zero-order valence-corrected chi connectivity index (χ0v) is 18.0. The van der Waals surface area contributed by atoms with Gasteiger partial charge in [-0.1, -0.05) is 48.5 Å². The molecular formula is C23H28N3O3S+. The minimum absolute atomic E-state index is 0.121. The third-order valence-corrected chi connectivity index (χ3v) is 7.66. The molecule has 0 bridgehead atoms. The summed E-state index contributed by atoms with van der Waals surface area (Å²) in [5.74, 6) is 0.121. The number of hydrogen-bond acceptors (Lipinski definition) is 3. The van der Waals surface area contributed by atoms with Gasteiger partial charge in [0.15, 0.2) is 6.04 Å². The molecule has 0 saturated carbocycles. The number of quaternary nitrogens is 1. The van der Waals surface area contributed by atoms with Crippen LogP contribution >= 0.6 is 0 Å². The van der Waals surface area contributed by atoms with Gasteiger partial charge in [0.1, 0.15) is 0 Å². The van der Waals surface area contributed by atoms with E-state index in [0.717, 1.165) is 29.1 Å². The number of hydrogen-bond donors (Lipinski definition) is 1. The van der Waals surface area contributed by atoms with Gasteiger partial charge in [-0.3, -0.25) is 4.79 Å². The van der Waals surface area contributed by atoms with Crippen LogP contribution in [0.2, 0.25) is 0 Å². The summed E-state index contributed by atoms with van der Waals surface area (Å²) in [5, 5.41) is 1.28. The number of anilines is 1. The highest BCUT2D eigenvalue weighted by Crippen LogP contribution is 2.27. The molecule has 6 nitrogen and oxygen atoms in total. The summed E-state index contributed by atoms with van der Waals surface area (Å²) in [6.07, 6.45) is 2.52. The summed E-state index contributed by atoms with van der Waals surface area (Å²) in [7, 11) is -3.46. The molecule has 0 aromatic heterocycles. The lowest BCUT2D eigenvalue weighted by atomic mass is 10.1. The van der Waals surface area contributed by atoms with Gasteiger partial charge in [0.05, 0.1) is 26.2 Å². The molecule has 30 heavy (non-hydrogen) atoms. The Kier molecular flexibility index (Phi) is 6.04. The summed E-state index contributed by atoms with van der Waals surface area (Å²) >= 11 is 0. The first-order chi connectivity index (χ1) is 14.5. The Hall–Kier alpha value is -2.48. The first-order valence-electron chi connectivity index (χ1n) is 10.4. The molecule has 0 spiro atoms. The second-order valence-electron chi connectivity index (χ2n) is 7.91. The third kappa shape index (κ3) is 4.33. The first-order valence-corrected chi connectivity index (χ1v) is 11.9. The molecule has 2 aliphatic rings. The number of piperazine rings is 1. The fourth-order valence-electron chi connectivity index (χ4n) is 4.25. The molecule has 2 heterocycles. The van der Waals surface area contributed by atoms with E-state index >= 15 is 0 Å². The van der Waals surface area contributed by atoms with Crippen LogP contribution in [0.1, 0.15) is 18.1 Å². The van der Waals surface area contributed by atoms with Crippen molar-refractivity contribution in [1.29, 1.82) is 0 Å². The SMILES string of the molecule is C[C@H](C(=O)N1CCc2ccccc21)[NH+]1CCN(S(=O)(=O)/C=C/c2ccccc2)CC1. The maximum Gasteiger partial charge on any atom is 0.284 e. The second-order valence-corrected chi connectivity index (χ2v) is 9.72. The Morgan fingerprint density at radius 3 is 2.40 bits per heavy atom. The number of carbonyl (C=O) groups is 1. The zero-order chi connectivity index (χ0) is 21.1. The molecule has 1 fully saturated rings. The molecule has 2 aromatic rings. The smallest absolute Gasteiger partial charge is 0.284 e. The van der Waals surface area contributed by atoms with Crippen molar-refractivity contribution in [2.75, 3.05) is 37.6 Å². The van der Waals surface area contributed by atoms with Gasteiger partial charge in [-0.15, -0.1) is 0 Å². The zero-order valence-electron chi connectivity index (χ0n) is 17.2. The minimum Gasteiger partial charge on any atom is -0.323 e. The molecule has 1 atom stereocenters. The van der Waals surface area contributed by atoms with Gasteiger partial charge in [0.2, 0.25) is 10.0 Å². The van der Waals surface area contributed by atoms with Gasteiger partial charge in [-0.25, -0.2) is 8.42 Å². The van der Waals surface area contributed by atoms with Crippen molar-refractivity contribution in [1.82, 2.24) is 4.31 Å². The van der Waals surface area contributed by atoms with Crippen LogP contribution in [0.5, 0.6) is 0 Å². The van der Waals surface area contributed by atoms with Crippen molar-refractivity contribution in [3.8, 4) is 0 Å². The van der Waals surface area contributed by atoms with Crippen LogP contribution in [0, 0.1) is 0 Å². The number of nitrogens with one attached hydrogen (secondary N) is 1. The van der Waals surface area contributed by atoms with Crippen LogP contribution in [0.25, 0.3) is 6.08 Å². The minimum atomic E-state index is -3.46. The van der Waals surface area contributed by atoms with E-state index < -0.39 is 10.0 Å². The molecule has 1 saturated heterocycles. The average Bonchev–Trinajstić information content (AvgIpc) is 3.22. The van der Waals surface area contributed by atoms with Crippen LogP contribution in [0.15, 0.2) is 60.0 Å². The topological polar surface area (TPSA) is 62.1 Å². The third-order valence-electron chi connectivity index (χ3n) is 6.09. The van der Waals surface area contributed by atoms with Crippen molar-refractivity contribution in [3.63, 3.8) is 0 Å². The Morgan fingerprint density at radius 2 is 1.67 bits per heavy atom. The van der Waals surface area contributed by atoms with E-state index in [1.807, 2.05) is 60.4 Å². The Bertz CT molecular complexity index is 1030. The first kappa shape index (κ1) is 20.8. The number of carbonyl (C=O) groups excluding carboxylic acids is 1. The monoisotopic (exact) mass is 426 g/mol. The van der Waals surface area contributed by atoms with Gasteiger partial charge in [0, 0.05) is 17.6 Å². The normalized spacial score (nSPS) is 19.2. The Balaban J connectivity index is 1.36. The van der Waals surface area contributed by atoms with Crippen molar-refractivity contribution in [2.24, 2.45) is 0 Å². The maximum atomic E-state index is 13.1. The molecular weight excluding hydrogens is 398 g/mol. The van der Waals surface area contributed by atoms with Gasteiger partial charge >= 0.3 is 0 Å². The number of sulfonamides is 1. The summed E-state index contributed by atoms with van der Waals surface area (Å²) in [6, 6.07) is 17.3. The lowest BCUT2D eigenvalue weighted by molar-refractivity contribution is -0.917. The predicted molar refractivity (Wildman–Crippen MR) is 119 cm³/mol. The van der Waals surface area contributed by atoms with Crippen molar-refractivity contribution in [3.05, 3.63) is 71.1 Å². The molecule has 1 N–H and O–H groups in total. The van der Waals surface area contributed by atoms with Crippen molar-refractivity contribution >= 4 is 27.7 Å². The fraction of sp³-hybridized carbons (Fsp3) is 0.348. The van der Waals surface area contributed by atoms with Crippen LogP contribution in [0.3, 0.4) is 0 Å². The van der Waals surface area contributed by atoms with Crippen LogP contribution in [0.4, 0.5) is 5.69 Å². The molecule has 0 unspecified atom stereocenters. The lowest BCUT2D eigenvalue weighted by Crippen LogP contribution is -3.19. The second kappa shape index (κ2) is 8.71. The van der Waals surface area contributed by atoms with Gasteiger partial charge in [-0.2, -0.15) is 4.31 Å². The van der Waals surface area contributed by atoms with Crippen molar-refractivity contribution in [2.45, 2.75) is 19.4 Å². The molecule has 158 valence electrons. The van der Waals surface area contributed by atoms with E-state index in [9.17, 15) is 13.2 Å². The summed E-state index contributed by atoms with van der Waals surface area (Å²) < 4.78 is 26.9. The molecule has 1 amide bonds. The van der Waals surface area contributed by atoms with E-state index in [1.165, 1.54) is 15.3 Å². The molecule has 2 aromatic carbocycles. The highest BCUT2D eigenvalue weighted by atomic mass is 32.2. The van der Waals surface area contributed by atoms with Crippen LogP contribution in [-0.2, 0) is 21.2 Å². The van der Waals surface area contributed by atoms with Crippen molar-refractivity contribution < 1.29 is 18.1 Å². The number of nitrogens with zero attached hydrogens (tertiary/aromatic N) is 2.